The predicted molar refractivity (Wildman–Crippen MR) is 85.0 cm³/mol. The fourth-order valence-corrected chi connectivity index (χ4v) is 1.80. The van der Waals surface area contributed by atoms with Crippen molar-refractivity contribution in [3.63, 3.8) is 0 Å². The maximum absolute atomic E-state index is 12.0. The number of nitrogens with zero attached hydrogens (tertiary/aromatic N) is 1. The molecule has 0 heterocycles. The van der Waals surface area contributed by atoms with E-state index in [4.69, 9.17) is 5.21 Å². The number of hydrogen-bond donors (Lipinski definition) is 3. The lowest BCUT2D eigenvalue weighted by Gasteiger charge is -2.16. The Labute approximate surface area is 138 Å². The first-order chi connectivity index (χ1) is 11.5. The molecule has 24 heavy (non-hydrogen) atoms. The van der Waals surface area contributed by atoms with E-state index in [2.05, 4.69) is 25.3 Å². The van der Waals surface area contributed by atoms with Crippen molar-refractivity contribution in [1.82, 2.24) is 5.32 Å². The summed E-state index contributed by atoms with van der Waals surface area (Å²) in [4.78, 5) is 34.8. The van der Waals surface area contributed by atoms with Gasteiger partial charge >= 0.3 is 18.0 Å². The first-order valence-corrected chi connectivity index (χ1v) is 6.99. The van der Waals surface area contributed by atoms with Gasteiger partial charge in [0.1, 0.15) is 6.04 Å². The molecule has 1 aromatic rings. The van der Waals surface area contributed by atoms with E-state index in [0.29, 0.717) is 11.3 Å². The average Bonchev–Trinajstić information content (AvgIpc) is 2.59. The molecule has 0 aliphatic heterocycles. The lowest BCUT2D eigenvalue weighted by atomic mass is 10.1. The normalized spacial score (nSPS) is 11.6. The van der Waals surface area contributed by atoms with Crippen LogP contribution < -0.4 is 10.6 Å². The second-order valence-electron chi connectivity index (χ2n) is 4.66. The second-order valence-corrected chi connectivity index (χ2v) is 4.66. The Kier molecular flexibility index (Phi) is 7.76. The highest BCUT2D eigenvalue weighted by Crippen LogP contribution is 2.09. The smallest absolute Gasteiger partial charge is 0.328 e. The average molecular weight is 337 g/mol. The number of nitrogens with one attached hydrogen (secondary N) is 2. The van der Waals surface area contributed by atoms with Gasteiger partial charge in [-0.2, -0.15) is 0 Å². The minimum atomic E-state index is -0.977. The zero-order valence-corrected chi connectivity index (χ0v) is 13.3. The summed E-state index contributed by atoms with van der Waals surface area (Å²) in [6.45, 7) is 0. The number of ether oxygens (including phenoxy) is 2. The summed E-state index contributed by atoms with van der Waals surface area (Å²) in [7, 11) is 2.43. The molecule has 0 saturated heterocycles. The molecule has 0 radical (unpaired) electrons. The second kappa shape index (κ2) is 9.82. The van der Waals surface area contributed by atoms with Crippen LogP contribution in [0.3, 0.4) is 0 Å². The van der Waals surface area contributed by atoms with Gasteiger partial charge in [-0.05, 0) is 24.1 Å². The molecule has 1 rings (SSSR count). The van der Waals surface area contributed by atoms with E-state index in [0.717, 1.165) is 0 Å². The quantitative estimate of drug-likeness (QED) is 0.296. The molecule has 0 aliphatic carbocycles. The molecular formula is C15H19N3O6. The summed E-state index contributed by atoms with van der Waals surface area (Å²) >= 11 is 0. The molecule has 0 spiro atoms. The van der Waals surface area contributed by atoms with Crippen LogP contribution in [0.5, 0.6) is 0 Å². The number of anilines is 1. The largest absolute Gasteiger partial charge is 0.469 e. The van der Waals surface area contributed by atoms with Gasteiger partial charge in [0.15, 0.2) is 0 Å². The van der Waals surface area contributed by atoms with Crippen LogP contribution in [-0.4, -0.2) is 49.7 Å². The number of oxime groups is 1. The maximum atomic E-state index is 12.0. The first kappa shape index (κ1) is 18.9. The van der Waals surface area contributed by atoms with E-state index in [-0.39, 0.29) is 12.8 Å². The predicted octanol–water partition coefficient (Wildman–Crippen LogP) is 1.11. The van der Waals surface area contributed by atoms with Crippen LogP contribution in [0.4, 0.5) is 10.5 Å². The van der Waals surface area contributed by atoms with Crippen LogP contribution in [0, 0.1) is 0 Å². The third-order valence-electron chi connectivity index (χ3n) is 3.03. The highest BCUT2D eigenvalue weighted by atomic mass is 16.5. The topological polar surface area (TPSA) is 126 Å². The summed E-state index contributed by atoms with van der Waals surface area (Å²) in [5.41, 5.74) is 1.12. The lowest BCUT2D eigenvalue weighted by molar-refractivity contribution is -0.144. The highest BCUT2D eigenvalue weighted by Gasteiger charge is 2.22. The van der Waals surface area contributed by atoms with Crippen molar-refractivity contribution in [2.75, 3.05) is 19.5 Å². The molecule has 0 aromatic heterocycles. The molecule has 0 saturated carbocycles. The zero-order chi connectivity index (χ0) is 17.9. The van der Waals surface area contributed by atoms with Crippen LogP contribution in [0.25, 0.3) is 0 Å². The van der Waals surface area contributed by atoms with Gasteiger partial charge in [-0.3, -0.25) is 4.79 Å². The Balaban J connectivity index is 2.63. The number of carbonyl (C=O) groups is 3. The number of hydrogen-bond acceptors (Lipinski definition) is 7. The summed E-state index contributed by atoms with van der Waals surface area (Å²) in [6.07, 6.45) is 1.26. The standard InChI is InChI=1S/C15H19N3O6/c1-23-13(19)8-7-12(14(20)24-2)18-15(21)17-11-5-3-10(4-6-11)9-16-22/h3-6,9,12,22H,7-8H2,1-2H3,(H2,17,18,21). The van der Waals surface area contributed by atoms with Gasteiger partial charge in [0.2, 0.25) is 0 Å². The number of esters is 2. The van der Waals surface area contributed by atoms with Crippen LogP contribution in [-0.2, 0) is 19.1 Å². The van der Waals surface area contributed by atoms with Crippen molar-refractivity contribution < 1.29 is 29.1 Å². The Hall–Kier alpha value is -3.10. The number of carbonyl (C=O) groups excluding carboxylic acids is 3. The Morgan fingerprint density at radius 1 is 1.21 bits per heavy atom. The van der Waals surface area contributed by atoms with Gasteiger partial charge in [0.25, 0.3) is 0 Å². The van der Waals surface area contributed by atoms with Crippen molar-refractivity contribution in [2.24, 2.45) is 5.16 Å². The summed E-state index contributed by atoms with van der Waals surface area (Å²) in [5.74, 6) is -1.16. The Morgan fingerprint density at radius 3 is 2.42 bits per heavy atom. The van der Waals surface area contributed by atoms with Gasteiger partial charge in [0, 0.05) is 12.1 Å². The highest BCUT2D eigenvalue weighted by molar-refractivity contribution is 5.93. The number of urea groups is 1. The molecule has 0 bridgehead atoms. The molecule has 9 nitrogen and oxygen atoms in total. The first-order valence-electron chi connectivity index (χ1n) is 6.99. The fraction of sp³-hybridized carbons (Fsp3) is 0.333. The van der Waals surface area contributed by atoms with Gasteiger partial charge < -0.3 is 25.3 Å². The zero-order valence-electron chi connectivity index (χ0n) is 13.3. The summed E-state index contributed by atoms with van der Waals surface area (Å²) in [6, 6.07) is 4.85. The molecule has 9 heteroatoms. The fourth-order valence-electron chi connectivity index (χ4n) is 1.80. The van der Waals surface area contributed by atoms with Crippen LogP contribution in [0.1, 0.15) is 18.4 Å². The van der Waals surface area contributed by atoms with Gasteiger partial charge in [-0.25, -0.2) is 9.59 Å². The minimum Gasteiger partial charge on any atom is -0.469 e. The van der Waals surface area contributed by atoms with Crippen LogP contribution in [0.15, 0.2) is 29.4 Å². The monoisotopic (exact) mass is 337 g/mol. The van der Waals surface area contributed by atoms with E-state index in [1.165, 1.54) is 20.4 Å². The number of amides is 2. The molecule has 130 valence electrons. The third kappa shape index (κ3) is 6.34. The molecular weight excluding hydrogens is 318 g/mol. The third-order valence-corrected chi connectivity index (χ3v) is 3.03. The van der Waals surface area contributed by atoms with E-state index < -0.39 is 24.0 Å². The van der Waals surface area contributed by atoms with Gasteiger partial charge in [-0.15, -0.1) is 0 Å². The van der Waals surface area contributed by atoms with Crippen LogP contribution >= 0.6 is 0 Å². The van der Waals surface area contributed by atoms with Crippen molar-refractivity contribution in [1.29, 1.82) is 0 Å². The lowest BCUT2D eigenvalue weighted by Crippen LogP contribution is -2.43. The molecule has 1 atom stereocenters. The van der Waals surface area contributed by atoms with Crippen molar-refractivity contribution in [3.8, 4) is 0 Å². The molecule has 0 aliphatic rings. The molecule has 1 unspecified atom stereocenters. The van der Waals surface area contributed by atoms with Crippen molar-refractivity contribution >= 4 is 29.9 Å². The molecule has 2 amide bonds. The maximum Gasteiger partial charge on any atom is 0.328 e. The van der Waals surface area contributed by atoms with Crippen molar-refractivity contribution in [2.45, 2.75) is 18.9 Å². The Bertz CT molecular complexity index is 600. The molecule has 3 N–H and O–H groups in total. The van der Waals surface area contributed by atoms with Crippen molar-refractivity contribution in [3.05, 3.63) is 29.8 Å². The SMILES string of the molecule is COC(=O)CCC(NC(=O)Nc1ccc(C=NO)cc1)C(=O)OC. The summed E-state index contributed by atoms with van der Waals surface area (Å²) in [5, 5.41) is 16.3. The number of benzene rings is 1. The molecule has 0 fully saturated rings. The van der Waals surface area contributed by atoms with E-state index in [1.807, 2.05) is 0 Å². The van der Waals surface area contributed by atoms with E-state index in [9.17, 15) is 14.4 Å². The van der Waals surface area contributed by atoms with Gasteiger partial charge in [-0.1, -0.05) is 17.3 Å². The summed E-state index contributed by atoms with van der Waals surface area (Å²) < 4.78 is 9.10. The number of rotatable bonds is 7. The van der Waals surface area contributed by atoms with Crippen LogP contribution in [0.2, 0.25) is 0 Å². The minimum absolute atomic E-state index is 0.0360. The van der Waals surface area contributed by atoms with E-state index >= 15 is 0 Å². The van der Waals surface area contributed by atoms with E-state index in [1.54, 1.807) is 24.3 Å². The Morgan fingerprint density at radius 2 is 1.88 bits per heavy atom. The van der Waals surface area contributed by atoms with Gasteiger partial charge in [0.05, 0.1) is 20.4 Å². The molecule has 1 aromatic carbocycles. The number of methoxy groups -OCH3 is 2.